The summed E-state index contributed by atoms with van der Waals surface area (Å²) in [5.41, 5.74) is 1.93. The first kappa shape index (κ1) is 8.32. The monoisotopic (exact) mass is 193 g/mol. The van der Waals surface area contributed by atoms with Crippen LogP contribution in [0.2, 0.25) is 5.15 Å². The highest BCUT2D eigenvalue weighted by Gasteiger charge is 2.02. The zero-order chi connectivity index (χ0) is 9.42. The lowest BCUT2D eigenvalue weighted by Gasteiger charge is -2.00. The Labute approximate surface area is 80.8 Å². The highest BCUT2D eigenvalue weighted by atomic mass is 35.5. The topological polar surface area (TPSA) is 33.1 Å². The lowest BCUT2D eigenvalue weighted by molar-refractivity contribution is 0.474. The standard InChI is InChI=1S/C10H8ClNO/c1-6-2-3-7-5-9(13)10(11)12-8(7)4-6/h2-5,13H,1H3. The van der Waals surface area contributed by atoms with Crippen LogP contribution in [0, 0.1) is 6.92 Å². The summed E-state index contributed by atoms with van der Waals surface area (Å²) in [4.78, 5) is 4.05. The minimum atomic E-state index is 0.0259. The third kappa shape index (κ3) is 1.45. The van der Waals surface area contributed by atoms with E-state index in [4.69, 9.17) is 11.6 Å². The Morgan fingerprint density at radius 2 is 2.08 bits per heavy atom. The first-order valence-corrected chi connectivity index (χ1v) is 4.30. The van der Waals surface area contributed by atoms with Gasteiger partial charge in [0.05, 0.1) is 5.52 Å². The lowest BCUT2D eigenvalue weighted by atomic mass is 10.1. The first-order valence-electron chi connectivity index (χ1n) is 3.93. The second-order valence-corrected chi connectivity index (χ2v) is 3.35. The van der Waals surface area contributed by atoms with Crippen LogP contribution in [-0.2, 0) is 0 Å². The SMILES string of the molecule is Cc1ccc2cc(O)c(Cl)nc2c1. The number of pyridine rings is 1. The van der Waals surface area contributed by atoms with Crippen LogP contribution in [0.1, 0.15) is 5.56 Å². The van der Waals surface area contributed by atoms with E-state index < -0.39 is 0 Å². The number of aromatic nitrogens is 1. The van der Waals surface area contributed by atoms with Gasteiger partial charge in [-0.3, -0.25) is 0 Å². The zero-order valence-corrected chi connectivity index (χ0v) is 7.84. The Morgan fingerprint density at radius 3 is 2.85 bits per heavy atom. The Balaban J connectivity index is 2.81. The van der Waals surface area contributed by atoms with Crippen LogP contribution in [-0.4, -0.2) is 10.1 Å². The molecule has 0 amide bonds. The molecule has 0 atom stereocenters. The fourth-order valence-electron chi connectivity index (χ4n) is 1.24. The molecule has 2 nitrogen and oxygen atoms in total. The van der Waals surface area contributed by atoms with Gasteiger partial charge in [-0.1, -0.05) is 23.7 Å². The Morgan fingerprint density at radius 1 is 1.31 bits per heavy atom. The van der Waals surface area contributed by atoms with Crippen molar-refractivity contribution in [3.8, 4) is 5.75 Å². The summed E-state index contributed by atoms with van der Waals surface area (Å²) in [6.45, 7) is 1.99. The van der Waals surface area contributed by atoms with Crippen molar-refractivity contribution in [2.24, 2.45) is 0 Å². The molecule has 0 aliphatic carbocycles. The number of aryl methyl sites for hydroxylation is 1. The van der Waals surface area contributed by atoms with E-state index >= 15 is 0 Å². The van der Waals surface area contributed by atoms with E-state index in [9.17, 15) is 5.11 Å². The molecule has 0 spiro atoms. The molecule has 2 rings (SSSR count). The molecule has 0 aliphatic rings. The van der Waals surface area contributed by atoms with E-state index in [1.807, 2.05) is 25.1 Å². The second kappa shape index (κ2) is 2.89. The molecule has 1 N–H and O–H groups in total. The van der Waals surface area contributed by atoms with Gasteiger partial charge in [0.25, 0.3) is 0 Å². The molecule has 0 radical (unpaired) electrons. The number of benzene rings is 1. The first-order chi connectivity index (χ1) is 6.16. The van der Waals surface area contributed by atoms with Crippen LogP contribution in [0.15, 0.2) is 24.3 Å². The Hall–Kier alpha value is -1.28. The van der Waals surface area contributed by atoms with Gasteiger partial charge in [0, 0.05) is 5.39 Å². The number of nitrogens with zero attached hydrogens (tertiary/aromatic N) is 1. The molecule has 0 saturated heterocycles. The predicted molar refractivity (Wildman–Crippen MR) is 53.2 cm³/mol. The summed E-state index contributed by atoms with van der Waals surface area (Å²) in [7, 11) is 0. The molecule has 1 aromatic carbocycles. The molecule has 1 heterocycles. The predicted octanol–water partition coefficient (Wildman–Crippen LogP) is 2.90. The van der Waals surface area contributed by atoms with Crippen LogP contribution < -0.4 is 0 Å². The van der Waals surface area contributed by atoms with E-state index in [2.05, 4.69) is 4.98 Å². The quantitative estimate of drug-likeness (QED) is 0.653. The van der Waals surface area contributed by atoms with Crippen LogP contribution in [0.5, 0.6) is 5.75 Å². The van der Waals surface area contributed by atoms with Gasteiger partial charge in [0.1, 0.15) is 0 Å². The lowest BCUT2D eigenvalue weighted by Crippen LogP contribution is -1.81. The Kier molecular flexibility index (Phi) is 1.85. The molecule has 0 unspecified atom stereocenters. The van der Waals surface area contributed by atoms with Gasteiger partial charge in [0.2, 0.25) is 0 Å². The number of aromatic hydroxyl groups is 1. The van der Waals surface area contributed by atoms with Crippen molar-refractivity contribution in [3.63, 3.8) is 0 Å². The van der Waals surface area contributed by atoms with Crippen LogP contribution >= 0.6 is 11.6 Å². The number of rotatable bonds is 0. The Bertz CT molecular complexity index is 468. The van der Waals surface area contributed by atoms with E-state index in [0.29, 0.717) is 0 Å². The van der Waals surface area contributed by atoms with Crippen LogP contribution in [0.4, 0.5) is 0 Å². The maximum Gasteiger partial charge on any atom is 0.171 e. The van der Waals surface area contributed by atoms with Gasteiger partial charge >= 0.3 is 0 Å². The smallest absolute Gasteiger partial charge is 0.171 e. The second-order valence-electron chi connectivity index (χ2n) is 2.99. The molecule has 66 valence electrons. The van der Waals surface area contributed by atoms with Crippen molar-refractivity contribution in [3.05, 3.63) is 35.0 Å². The summed E-state index contributed by atoms with van der Waals surface area (Å²) in [6.07, 6.45) is 0. The number of fused-ring (bicyclic) bond motifs is 1. The molecule has 1 aromatic heterocycles. The summed E-state index contributed by atoms with van der Waals surface area (Å²) in [6, 6.07) is 7.43. The third-order valence-corrected chi connectivity index (χ3v) is 2.19. The fraction of sp³-hybridized carbons (Fsp3) is 0.100. The van der Waals surface area contributed by atoms with Crippen molar-refractivity contribution < 1.29 is 5.11 Å². The van der Waals surface area contributed by atoms with E-state index in [-0.39, 0.29) is 10.9 Å². The molecule has 0 saturated carbocycles. The number of hydrogen-bond donors (Lipinski definition) is 1. The molecular weight excluding hydrogens is 186 g/mol. The molecule has 0 aliphatic heterocycles. The van der Waals surface area contributed by atoms with Gasteiger partial charge in [-0.2, -0.15) is 0 Å². The average Bonchev–Trinajstić information content (AvgIpc) is 2.08. The van der Waals surface area contributed by atoms with Crippen molar-refractivity contribution >= 4 is 22.5 Å². The van der Waals surface area contributed by atoms with Gasteiger partial charge in [-0.05, 0) is 24.6 Å². The molecule has 0 bridgehead atoms. The highest BCUT2D eigenvalue weighted by Crippen LogP contribution is 2.25. The maximum atomic E-state index is 9.29. The highest BCUT2D eigenvalue weighted by molar-refractivity contribution is 6.31. The molecular formula is C10H8ClNO. The van der Waals surface area contributed by atoms with Crippen molar-refractivity contribution in [2.45, 2.75) is 6.92 Å². The van der Waals surface area contributed by atoms with Crippen molar-refractivity contribution in [1.29, 1.82) is 0 Å². The fourth-order valence-corrected chi connectivity index (χ4v) is 1.39. The minimum absolute atomic E-state index is 0.0259. The molecule has 0 fully saturated rings. The van der Waals surface area contributed by atoms with Gasteiger partial charge < -0.3 is 5.11 Å². The minimum Gasteiger partial charge on any atom is -0.505 e. The third-order valence-electron chi connectivity index (χ3n) is 1.91. The average molecular weight is 194 g/mol. The molecule has 3 heteroatoms. The van der Waals surface area contributed by atoms with Crippen molar-refractivity contribution in [2.75, 3.05) is 0 Å². The maximum absolute atomic E-state index is 9.29. The van der Waals surface area contributed by atoms with Crippen LogP contribution in [0.3, 0.4) is 0 Å². The summed E-state index contributed by atoms with van der Waals surface area (Å²) >= 11 is 5.68. The van der Waals surface area contributed by atoms with E-state index in [0.717, 1.165) is 16.5 Å². The van der Waals surface area contributed by atoms with E-state index in [1.165, 1.54) is 0 Å². The largest absolute Gasteiger partial charge is 0.505 e. The zero-order valence-electron chi connectivity index (χ0n) is 7.08. The number of hydrogen-bond acceptors (Lipinski definition) is 2. The van der Waals surface area contributed by atoms with Crippen molar-refractivity contribution in [1.82, 2.24) is 4.98 Å². The summed E-state index contributed by atoms with van der Waals surface area (Å²) in [5.74, 6) is 0.0259. The van der Waals surface area contributed by atoms with Gasteiger partial charge in [-0.25, -0.2) is 4.98 Å². The summed E-state index contributed by atoms with van der Waals surface area (Å²) < 4.78 is 0. The normalized spacial score (nSPS) is 10.6. The van der Waals surface area contributed by atoms with Gasteiger partial charge in [-0.15, -0.1) is 0 Å². The van der Waals surface area contributed by atoms with Crippen LogP contribution in [0.25, 0.3) is 10.9 Å². The number of halogens is 1. The molecule has 2 aromatic rings. The molecule has 13 heavy (non-hydrogen) atoms. The van der Waals surface area contributed by atoms with Gasteiger partial charge in [0.15, 0.2) is 10.9 Å². The van der Waals surface area contributed by atoms with E-state index in [1.54, 1.807) is 6.07 Å². The summed E-state index contributed by atoms with van der Waals surface area (Å²) in [5, 5.41) is 10.3.